The average molecular weight is 392 g/mol. The maximum atomic E-state index is 12.6. The monoisotopic (exact) mass is 392 g/mol. The summed E-state index contributed by atoms with van der Waals surface area (Å²) in [5, 5.41) is 17.6. The van der Waals surface area contributed by atoms with E-state index in [-0.39, 0.29) is 12.5 Å². The minimum absolute atomic E-state index is 0.124. The van der Waals surface area contributed by atoms with Crippen LogP contribution < -0.4 is 5.32 Å². The zero-order valence-corrected chi connectivity index (χ0v) is 17.0. The van der Waals surface area contributed by atoms with E-state index in [1.54, 1.807) is 17.0 Å². The Kier molecular flexibility index (Phi) is 4.79. The number of aliphatic hydroxyl groups is 1. The Bertz CT molecular complexity index is 1220. The van der Waals surface area contributed by atoms with Gasteiger partial charge < -0.3 is 15.0 Å². The summed E-state index contributed by atoms with van der Waals surface area (Å²) in [5.74, 6) is -0.286. The predicted octanol–water partition coefficient (Wildman–Crippen LogP) is 2.10. The number of aryl methyl sites for hydroxylation is 4. The maximum absolute atomic E-state index is 12.6. The van der Waals surface area contributed by atoms with Crippen molar-refractivity contribution in [2.75, 3.05) is 6.54 Å². The first-order chi connectivity index (χ1) is 13.8. The van der Waals surface area contributed by atoms with Gasteiger partial charge in [0.15, 0.2) is 5.65 Å². The molecule has 0 saturated carbocycles. The number of hydrogen-bond acceptors (Lipinski definition) is 5. The molecule has 2 N–H and O–H groups in total. The molecule has 1 aromatic carbocycles. The lowest BCUT2D eigenvalue weighted by Gasteiger charge is -2.14. The van der Waals surface area contributed by atoms with Crippen LogP contribution in [-0.4, -0.2) is 47.8 Å². The van der Waals surface area contributed by atoms with Gasteiger partial charge in [0.05, 0.1) is 47.0 Å². The summed E-state index contributed by atoms with van der Waals surface area (Å²) in [7, 11) is 0. The van der Waals surface area contributed by atoms with Crippen molar-refractivity contribution in [3.63, 3.8) is 0 Å². The second kappa shape index (κ2) is 7.29. The van der Waals surface area contributed by atoms with Gasteiger partial charge in [-0.1, -0.05) is 0 Å². The van der Waals surface area contributed by atoms with E-state index in [9.17, 15) is 9.90 Å². The van der Waals surface area contributed by atoms with Crippen LogP contribution in [0.25, 0.3) is 16.7 Å². The molecule has 0 aliphatic carbocycles. The first-order valence-electron chi connectivity index (χ1n) is 9.54. The van der Waals surface area contributed by atoms with Gasteiger partial charge in [0.1, 0.15) is 0 Å². The van der Waals surface area contributed by atoms with E-state index in [2.05, 4.69) is 40.3 Å². The van der Waals surface area contributed by atoms with E-state index in [0.717, 1.165) is 16.7 Å². The van der Waals surface area contributed by atoms with Gasteiger partial charge in [-0.3, -0.25) is 4.79 Å². The Morgan fingerprint density at radius 1 is 1.14 bits per heavy atom. The first kappa shape index (κ1) is 19.1. The van der Waals surface area contributed by atoms with E-state index < -0.39 is 6.10 Å². The highest BCUT2D eigenvalue weighted by Gasteiger charge is 2.16. The fourth-order valence-corrected chi connectivity index (χ4v) is 3.44. The van der Waals surface area contributed by atoms with Crippen molar-refractivity contribution in [2.24, 2.45) is 0 Å². The molecular weight excluding hydrogens is 368 g/mol. The summed E-state index contributed by atoms with van der Waals surface area (Å²) in [6.07, 6.45) is 2.51. The van der Waals surface area contributed by atoms with Gasteiger partial charge in [-0.15, -0.1) is 0 Å². The van der Waals surface area contributed by atoms with Gasteiger partial charge in [0.2, 0.25) is 0 Å². The molecule has 0 radical (unpaired) electrons. The number of hydrogen-bond donors (Lipinski definition) is 2. The van der Waals surface area contributed by atoms with Crippen molar-refractivity contribution in [1.82, 2.24) is 29.5 Å². The first-order valence-corrected chi connectivity index (χ1v) is 9.54. The van der Waals surface area contributed by atoms with Crippen molar-refractivity contribution < 1.29 is 9.90 Å². The summed E-state index contributed by atoms with van der Waals surface area (Å²) in [5.41, 5.74) is 6.92. The zero-order valence-electron chi connectivity index (χ0n) is 17.0. The maximum Gasteiger partial charge on any atom is 0.254 e. The van der Waals surface area contributed by atoms with Crippen LogP contribution in [0.3, 0.4) is 0 Å². The standard InChI is InChI=1S/C21H24N6O2/c1-12-5-18-19(6-13(12)2)26(11-24-18)10-16(28)8-23-21(29)17-9-22-20-7-14(3)25-27(20)15(17)4/h5-7,9,11,16,28H,8,10H2,1-4H3,(H,23,29). The van der Waals surface area contributed by atoms with Crippen LogP contribution in [0.4, 0.5) is 0 Å². The van der Waals surface area contributed by atoms with Crippen molar-refractivity contribution in [3.05, 3.63) is 58.8 Å². The second-order valence-electron chi connectivity index (χ2n) is 7.50. The number of imidazole rings is 1. The number of nitrogens with one attached hydrogen (secondary N) is 1. The van der Waals surface area contributed by atoms with Crippen molar-refractivity contribution in [3.8, 4) is 0 Å². The highest BCUT2D eigenvalue weighted by Crippen LogP contribution is 2.18. The highest BCUT2D eigenvalue weighted by molar-refractivity contribution is 5.95. The molecule has 0 bridgehead atoms. The van der Waals surface area contributed by atoms with Crippen LogP contribution in [0.5, 0.6) is 0 Å². The Balaban J connectivity index is 1.45. The molecule has 4 aromatic rings. The fraction of sp³-hybridized carbons (Fsp3) is 0.333. The molecule has 3 heterocycles. The summed E-state index contributed by atoms with van der Waals surface area (Å²) in [6.45, 7) is 8.28. The van der Waals surface area contributed by atoms with E-state index >= 15 is 0 Å². The van der Waals surface area contributed by atoms with Gasteiger partial charge >= 0.3 is 0 Å². The molecule has 1 amide bonds. The lowest BCUT2D eigenvalue weighted by atomic mass is 10.1. The predicted molar refractivity (Wildman–Crippen MR) is 110 cm³/mol. The number of nitrogens with zero attached hydrogens (tertiary/aromatic N) is 5. The minimum Gasteiger partial charge on any atom is -0.389 e. The van der Waals surface area contributed by atoms with Crippen LogP contribution in [0.2, 0.25) is 0 Å². The third kappa shape index (κ3) is 3.58. The van der Waals surface area contributed by atoms with Crippen LogP contribution >= 0.6 is 0 Å². The second-order valence-corrected chi connectivity index (χ2v) is 7.50. The molecule has 150 valence electrons. The van der Waals surface area contributed by atoms with E-state index in [0.29, 0.717) is 23.4 Å². The van der Waals surface area contributed by atoms with Gasteiger partial charge in [0, 0.05) is 18.8 Å². The van der Waals surface area contributed by atoms with Crippen LogP contribution in [0.1, 0.15) is 32.9 Å². The number of amides is 1. The largest absolute Gasteiger partial charge is 0.389 e. The molecule has 0 fully saturated rings. The van der Waals surface area contributed by atoms with E-state index in [4.69, 9.17) is 0 Å². The number of rotatable bonds is 5. The molecule has 0 aliphatic heterocycles. The van der Waals surface area contributed by atoms with E-state index in [1.807, 2.05) is 30.5 Å². The molecule has 1 unspecified atom stereocenters. The van der Waals surface area contributed by atoms with Gasteiger partial charge in [-0.05, 0) is 51.0 Å². The molecule has 4 rings (SSSR count). The normalized spacial score (nSPS) is 12.6. The molecule has 8 nitrogen and oxygen atoms in total. The Labute approximate surface area is 168 Å². The fourth-order valence-electron chi connectivity index (χ4n) is 3.44. The molecule has 1 atom stereocenters. The van der Waals surface area contributed by atoms with Gasteiger partial charge in [-0.25, -0.2) is 14.5 Å². The Morgan fingerprint density at radius 2 is 1.90 bits per heavy atom. The lowest BCUT2D eigenvalue weighted by molar-refractivity contribution is 0.0903. The van der Waals surface area contributed by atoms with Crippen LogP contribution in [0.15, 0.2) is 30.7 Å². The smallest absolute Gasteiger partial charge is 0.254 e. The third-order valence-corrected chi connectivity index (χ3v) is 5.23. The summed E-state index contributed by atoms with van der Waals surface area (Å²) >= 11 is 0. The highest BCUT2D eigenvalue weighted by atomic mass is 16.3. The molecule has 8 heteroatoms. The van der Waals surface area contributed by atoms with Crippen molar-refractivity contribution in [1.29, 1.82) is 0 Å². The van der Waals surface area contributed by atoms with Gasteiger partial charge in [-0.2, -0.15) is 5.10 Å². The minimum atomic E-state index is -0.748. The summed E-state index contributed by atoms with van der Waals surface area (Å²) < 4.78 is 3.56. The number of carbonyl (C=O) groups is 1. The lowest BCUT2D eigenvalue weighted by Crippen LogP contribution is -2.35. The van der Waals surface area contributed by atoms with Gasteiger partial charge in [0.25, 0.3) is 5.91 Å². The number of carbonyl (C=O) groups excluding carboxylic acids is 1. The number of aromatic nitrogens is 5. The number of aliphatic hydroxyl groups excluding tert-OH is 1. The number of benzene rings is 1. The average Bonchev–Trinajstić information content (AvgIpc) is 3.24. The SMILES string of the molecule is Cc1cc2ncc(C(=O)NCC(O)Cn3cnc4cc(C)c(C)cc43)c(C)n2n1. The molecule has 3 aromatic heterocycles. The molecule has 0 aliphatic rings. The Hall–Kier alpha value is -3.26. The molecule has 29 heavy (non-hydrogen) atoms. The van der Waals surface area contributed by atoms with E-state index in [1.165, 1.54) is 11.1 Å². The number of fused-ring (bicyclic) bond motifs is 2. The quantitative estimate of drug-likeness (QED) is 0.542. The van der Waals surface area contributed by atoms with Crippen LogP contribution in [-0.2, 0) is 6.54 Å². The molecule has 0 spiro atoms. The summed E-state index contributed by atoms with van der Waals surface area (Å²) in [4.78, 5) is 21.3. The van der Waals surface area contributed by atoms with Crippen molar-refractivity contribution in [2.45, 2.75) is 40.3 Å². The zero-order chi connectivity index (χ0) is 20.7. The van der Waals surface area contributed by atoms with Crippen LogP contribution in [0, 0.1) is 27.7 Å². The third-order valence-electron chi connectivity index (χ3n) is 5.23. The summed E-state index contributed by atoms with van der Waals surface area (Å²) in [6, 6.07) is 5.97. The van der Waals surface area contributed by atoms with Crippen molar-refractivity contribution >= 4 is 22.6 Å². The Morgan fingerprint density at radius 3 is 2.69 bits per heavy atom. The molecular formula is C21H24N6O2. The topological polar surface area (TPSA) is 97.3 Å². The molecule has 0 saturated heterocycles.